The van der Waals surface area contributed by atoms with Gasteiger partial charge in [0.05, 0.1) is 10.2 Å². The highest BCUT2D eigenvalue weighted by molar-refractivity contribution is 7.16. The summed E-state index contributed by atoms with van der Waals surface area (Å²) in [6.45, 7) is 0. The Morgan fingerprint density at radius 3 is 2.62 bits per heavy atom. The molecule has 0 fully saturated rings. The predicted octanol–water partition coefficient (Wildman–Crippen LogP) is 3.14. The third-order valence-electron chi connectivity index (χ3n) is 3.07. The van der Waals surface area contributed by atoms with Gasteiger partial charge in [0.1, 0.15) is 0 Å². The molecule has 0 bridgehead atoms. The van der Waals surface area contributed by atoms with Gasteiger partial charge in [-0.3, -0.25) is 4.79 Å². The van der Waals surface area contributed by atoms with Crippen LogP contribution in [0.25, 0.3) is 10.2 Å². The Morgan fingerprint density at radius 2 is 1.90 bits per heavy atom. The minimum Gasteiger partial charge on any atom is -0.318 e. The van der Waals surface area contributed by atoms with Crippen LogP contribution in [-0.4, -0.2) is 10.5 Å². The predicted molar refractivity (Wildman–Crippen MR) is 85.3 cm³/mol. The molecule has 1 aromatic heterocycles. The van der Waals surface area contributed by atoms with E-state index in [4.69, 9.17) is 11.6 Å². The average Bonchev–Trinajstić information content (AvgIpc) is 2.82. The first-order valence-electron chi connectivity index (χ1n) is 6.29. The van der Waals surface area contributed by atoms with Gasteiger partial charge in [-0.05, 0) is 36.4 Å². The van der Waals surface area contributed by atoms with E-state index < -0.39 is 0 Å². The summed E-state index contributed by atoms with van der Waals surface area (Å²) in [5.74, 6) is -0.260. The minimum absolute atomic E-state index is 0.260. The number of benzene rings is 2. The number of carbonyl (C=O) groups excluding carboxylic acids is 1. The molecule has 6 heteroatoms. The Kier molecular flexibility index (Phi) is 3.77. The van der Waals surface area contributed by atoms with Crippen molar-refractivity contribution in [3.63, 3.8) is 0 Å². The molecule has 0 atom stereocenters. The molecular weight excluding hydrogens is 306 g/mol. The summed E-state index contributed by atoms with van der Waals surface area (Å²) in [6.07, 6.45) is 0. The fourth-order valence-corrected chi connectivity index (χ4v) is 3.06. The van der Waals surface area contributed by atoms with Crippen LogP contribution in [0.15, 0.2) is 53.6 Å². The number of thiazole rings is 1. The summed E-state index contributed by atoms with van der Waals surface area (Å²) in [5.41, 5.74) is 4.17. The quantitative estimate of drug-likeness (QED) is 0.725. The van der Waals surface area contributed by atoms with Crippen LogP contribution in [0.2, 0.25) is 5.02 Å². The topological polar surface area (TPSA) is 46.4 Å². The molecule has 1 N–H and O–H groups in total. The van der Waals surface area contributed by atoms with Gasteiger partial charge in [0.2, 0.25) is 4.80 Å². The van der Waals surface area contributed by atoms with Crippen LogP contribution in [0.1, 0.15) is 10.4 Å². The number of hydrogen-bond acceptors (Lipinski definition) is 3. The summed E-state index contributed by atoms with van der Waals surface area (Å²) < 4.78 is 3.07. The molecule has 0 unspecified atom stereocenters. The molecule has 21 heavy (non-hydrogen) atoms. The van der Waals surface area contributed by atoms with Crippen molar-refractivity contribution < 1.29 is 4.79 Å². The van der Waals surface area contributed by atoms with Gasteiger partial charge >= 0.3 is 0 Å². The van der Waals surface area contributed by atoms with E-state index in [1.165, 1.54) is 11.3 Å². The maximum atomic E-state index is 12.0. The smallest absolute Gasteiger partial charge is 0.271 e. The number of carbonyl (C=O) groups is 1. The van der Waals surface area contributed by atoms with E-state index in [0.29, 0.717) is 10.6 Å². The van der Waals surface area contributed by atoms with Gasteiger partial charge in [-0.2, -0.15) is 0 Å². The third kappa shape index (κ3) is 2.84. The molecule has 1 amide bonds. The van der Waals surface area contributed by atoms with Gasteiger partial charge in [-0.25, -0.2) is 5.43 Å². The van der Waals surface area contributed by atoms with E-state index in [9.17, 15) is 4.79 Å². The summed E-state index contributed by atoms with van der Waals surface area (Å²) in [6, 6.07) is 14.7. The zero-order valence-electron chi connectivity index (χ0n) is 11.2. The first kappa shape index (κ1) is 13.9. The number of hydrogen-bond donors (Lipinski definition) is 1. The second kappa shape index (κ2) is 5.71. The Bertz CT molecular complexity index is 865. The van der Waals surface area contributed by atoms with Crippen molar-refractivity contribution in [3.8, 4) is 0 Å². The standard InChI is InChI=1S/C15H12ClN3OS/c1-19-12-4-2-3-5-13(12)21-15(19)18-17-14(20)10-6-8-11(16)9-7-10/h2-9H,1H3,(H,17,20)/b18-15+. The molecule has 3 rings (SSSR count). The number of aryl methyl sites for hydroxylation is 1. The van der Waals surface area contributed by atoms with Crippen LogP contribution in [0.4, 0.5) is 0 Å². The van der Waals surface area contributed by atoms with Crippen molar-refractivity contribution in [3.05, 3.63) is 63.9 Å². The van der Waals surface area contributed by atoms with E-state index in [1.807, 2.05) is 35.9 Å². The number of nitrogens with one attached hydrogen (secondary N) is 1. The number of halogens is 1. The summed E-state index contributed by atoms with van der Waals surface area (Å²) in [4.78, 5) is 12.7. The van der Waals surface area contributed by atoms with Gasteiger partial charge in [0, 0.05) is 17.6 Å². The lowest BCUT2D eigenvalue weighted by molar-refractivity contribution is 0.0953. The van der Waals surface area contributed by atoms with Crippen molar-refractivity contribution in [1.29, 1.82) is 0 Å². The SMILES string of the molecule is Cn1/c(=N\NC(=O)c2ccc(Cl)cc2)sc2ccccc21. The fraction of sp³-hybridized carbons (Fsp3) is 0.0667. The second-order valence-electron chi connectivity index (χ2n) is 4.47. The van der Waals surface area contributed by atoms with Gasteiger partial charge in [0.25, 0.3) is 5.91 Å². The van der Waals surface area contributed by atoms with Crippen molar-refractivity contribution in [2.24, 2.45) is 12.1 Å². The Labute approximate surface area is 130 Å². The molecule has 1 heterocycles. The molecular formula is C15H12ClN3OS. The highest BCUT2D eigenvalue weighted by Gasteiger charge is 2.05. The number of fused-ring (bicyclic) bond motifs is 1. The van der Waals surface area contributed by atoms with Crippen LogP contribution in [0.5, 0.6) is 0 Å². The lowest BCUT2D eigenvalue weighted by Crippen LogP contribution is -2.23. The van der Waals surface area contributed by atoms with Crippen LogP contribution < -0.4 is 10.2 Å². The molecule has 0 aliphatic heterocycles. The summed E-state index contributed by atoms with van der Waals surface area (Å²) in [5, 5.41) is 4.79. The van der Waals surface area contributed by atoms with Crippen molar-refractivity contribution in [2.75, 3.05) is 0 Å². The fourth-order valence-electron chi connectivity index (χ4n) is 1.95. The number of aromatic nitrogens is 1. The summed E-state index contributed by atoms with van der Waals surface area (Å²) in [7, 11) is 1.92. The molecule has 0 aliphatic carbocycles. The van der Waals surface area contributed by atoms with E-state index in [2.05, 4.69) is 10.5 Å². The van der Waals surface area contributed by atoms with Gasteiger partial charge in [-0.15, -0.1) is 5.10 Å². The molecule has 0 spiro atoms. The molecule has 0 radical (unpaired) electrons. The third-order valence-corrected chi connectivity index (χ3v) is 4.44. The normalized spacial score (nSPS) is 11.8. The lowest BCUT2D eigenvalue weighted by Gasteiger charge is -1.99. The molecule has 4 nitrogen and oxygen atoms in total. The highest BCUT2D eigenvalue weighted by Crippen LogP contribution is 2.15. The van der Waals surface area contributed by atoms with E-state index >= 15 is 0 Å². The minimum atomic E-state index is -0.260. The van der Waals surface area contributed by atoms with E-state index in [1.54, 1.807) is 24.3 Å². The number of rotatable bonds is 2. The van der Waals surface area contributed by atoms with Crippen LogP contribution in [0.3, 0.4) is 0 Å². The first-order chi connectivity index (χ1) is 10.1. The largest absolute Gasteiger partial charge is 0.318 e. The Hall–Kier alpha value is -2.11. The maximum Gasteiger partial charge on any atom is 0.271 e. The number of para-hydroxylation sites is 1. The van der Waals surface area contributed by atoms with Crippen molar-refractivity contribution in [2.45, 2.75) is 0 Å². The zero-order valence-corrected chi connectivity index (χ0v) is 12.8. The molecule has 3 aromatic rings. The van der Waals surface area contributed by atoms with Crippen LogP contribution in [0, 0.1) is 0 Å². The molecule has 2 aromatic carbocycles. The zero-order chi connectivity index (χ0) is 14.8. The van der Waals surface area contributed by atoms with E-state index in [-0.39, 0.29) is 5.91 Å². The highest BCUT2D eigenvalue weighted by atomic mass is 35.5. The maximum absolute atomic E-state index is 12.0. The molecule has 0 saturated heterocycles. The molecule has 0 saturated carbocycles. The number of amides is 1. The van der Waals surface area contributed by atoms with Gasteiger partial charge in [0.15, 0.2) is 0 Å². The Balaban J connectivity index is 1.89. The van der Waals surface area contributed by atoms with Gasteiger partial charge < -0.3 is 4.57 Å². The molecule has 106 valence electrons. The summed E-state index contributed by atoms with van der Waals surface area (Å²) >= 11 is 7.32. The van der Waals surface area contributed by atoms with Crippen LogP contribution >= 0.6 is 22.9 Å². The number of nitrogens with zero attached hydrogens (tertiary/aromatic N) is 2. The van der Waals surface area contributed by atoms with Crippen molar-refractivity contribution >= 4 is 39.1 Å². The van der Waals surface area contributed by atoms with Gasteiger partial charge in [-0.1, -0.05) is 35.1 Å². The van der Waals surface area contributed by atoms with Crippen LogP contribution in [-0.2, 0) is 7.05 Å². The Morgan fingerprint density at radius 1 is 1.19 bits per heavy atom. The lowest BCUT2D eigenvalue weighted by atomic mass is 10.2. The molecule has 0 aliphatic rings. The second-order valence-corrected chi connectivity index (χ2v) is 5.92. The van der Waals surface area contributed by atoms with Crippen molar-refractivity contribution in [1.82, 2.24) is 9.99 Å². The average molecular weight is 318 g/mol. The monoisotopic (exact) mass is 317 g/mol. The first-order valence-corrected chi connectivity index (χ1v) is 7.49. The van der Waals surface area contributed by atoms with E-state index in [0.717, 1.165) is 15.0 Å².